The van der Waals surface area contributed by atoms with Gasteiger partial charge < -0.3 is 16.0 Å². The van der Waals surface area contributed by atoms with E-state index in [9.17, 15) is 14.0 Å². The molecule has 0 saturated carbocycles. The number of nitrogens with two attached hydrogens (primary N) is 1. The molecule has 0 aromatic heterocycles. The third-order valence-corrected chi connectivity index (χ3v) is 3.01. The highest BCUT2D eigenvalue weighted by Gasteiger charge is 2.35. The van der Waals surface area contributed by atoms with Gasteiger partial charge in [0.15, 0.2) is 0 Å². The normalized spacial score (nSPS) is 16.8. The van der Waals surface area contributed by atoms with Crippen LogP contribution >= 0.6 is 0 Å². The minimum absolute atomic E-state index is 0.195. The second-order valence-electron chi connectivity index (χ2n) is 4.36. The number of halogens is 1. The molecular formula is C13H13FN4O2. The number of nitrogens with zero attached hydrogens (tertiary/aromatic N) is 2. The van der Waals surface area contributed by atoms with Crippen LogP contribution in [0, 0.1) is 17.1 Å². The maximum atomic E-state index is 13.2. The number of hydrogen-bond donors (Lipinski definition) is 2. The van der Waals surface area contributed by atoms with E-state index in [1.54, 1.807) is 0 Å². The van der Waals surface area contributed by atoms with Crippen molar-refractivity contribution >= 4 is 17.5 Å². The summed E-state index contributed by atoms with van der Waals surface area (Å²) >= 11 is 0. The van der Waals surface area contributed by atoms with E-state index in [0.29, 0.717) is 11.3 Å². The molecule has 1 aromatic rings. The Balaban J connectivity index is 2.12. The van der Waals surface area contributed by atoms with Crippen molar-refractivity contribution in [1.29, 1.82) is 5.26 Å². The SMILES string of the molecule is N#CCCNC(=O)CN1C(=O)C(N)c2cc(F)ccc21. The van der Waals surface area contributed by atoms with E-state index in [0.717, 1.165) is 0 Å². The molecule has 1 atom stereocenters. The third kappa shape index (κ3) is 2.60. The number of rotatable bonds is 4. The van der Waals surface area contributed by atoms with Crippen LogP contribution in [0.15, 0.2) is 18.2 Å². The maximum absolute atomic E-state index is 13.2. The molecule has 1 heterocycles. The maximum Gasteiger partial charge on any atom is 0.249 e. The largest absolute Gasteiger partial charge is 0.354 e. The van der Waals surface area contributed by atoms with Gasteiger partial charge in [0, 0.05) is 17.8 Å². The Kier molecular flexibility index (Phi) is 3.96. The minimum atomic E-state index is -0.951. The number of nitriles is 1. The van der Waals surface area contributed by atoms with Crippen molar-refractivity contribution in [3.05, 3.63) is 29.6 Å². The first-order valence-electron chi connectivity index (χ1n) is 6.04. The highest BCUT2D eigenvalue weighted by molar-refractivity contribution is 6.07. The van der Waals surface area contributed by atoms with Crippen LogP contribution in [-0.4, -0.2) is 24.9 Å². The van der Waals surface area contributed by atoms with E-state index in [2.05, 4.69) is 5.32 Å². The standard InChI is InChI=1S/C13H13FN4O2/c14-8-2-3-10-9(6-8)12(16)13(20)18(10)7-11(19)17-5-1-4-15/h2-3,6,12H,1,5,7,16H2,(H,17,19). The molecule has 0 fully saturated rings. The van der Waals surface area contributed by atoms with Crippen molar-refractivity contribution in [2.45, 2.75) is 12.5 Å². The van der Waals surface area contributed by atoms with E-state index in [4.69, 9.17) is 11.0 Å². The number of fused-ring (bicyclic) bond motifs is 1. The number of hydrogen-bond acceptors (Lipinski definition) is 4. The smallest absolute Gasteiger partial charge is 0.249 e. The van der Waals surface area contributed by atoms with Gasteiger partial charge in [0.25, 0.3) is 0 Å². The van der Waals surface area contributed by atoms with E-state index in [1.807, 2.05) is 6.07 Å². The van der Waals surface area contributed by atoms with Crippen LogP contribution in [0.3, 0.4) is 0 Å². The highest BCUT2D eigenvalue weighted by atomic mass is 19.1. The fraction of sp³-hybridized carbons (Fsp3) is 0.308. The summed E-state index contributed by atoms with van der Waals surface area (Å²) in [6.07, 6.45) is 0.195. The molecule has 2 amide bonds. The molecule has 0 radical (unpaired) electrons. The van der Waals surface area contributed by atoms with Crippen molar-refractivity contribution < 1.29 is 14.0 Å². The molecule has 6 nitrogen and oxygen atoms in total. The summed E-state index contributed by atoms with van der Waals surface area (Å²) in [5.74, 6) is -1.31. The second kappa shape index (κ2) is 5.67. The van der Waals surface area contributed by atoms with Crippen molar-refractivity contribution in [3.8, 4) is 6.07 Å². The van der Waals surface area contributed by atoms with Crippen LogP contribution in [0.2, 0.25) is 0 Å². The molecule has 0 aliphatic carbocycles. The third-order valence-electron chi connectivity index (χ3n) is 3.01. The van der Waals surface area contributed by atoms with Gasteiger partial charge in [-0.1, -0.05) is 0 Å². The summed E-state index contributed by atoms with van der Waals surface area (Å²) in [5.41, 5.74) is 6.53. The fourth-order valence-corrected chi connectivity index (χ4v) is 2.06. The highest BCUT2D eigenvalue weighted by Crippen LogP contribution is 2.34. The van der Waals surface area contributed by atoms with E-state index in [1.165, 1.54) is 23.1 Å². The lowest BCUT2D eigenvalue weighted by Gasteiger charge is -2.16. The number of carbonyl (C=O) groups excluding carboxylic acids is 2. The first-order valence-corrected chi connectivity index (χ1v) is 6.04. The Morgan fingerprint density at radius 1 is 1.55 bits per heavy atom. The van der Waals surface area contributed by atoms with Crippen LogP contribution in [0.25, 0.3) is 0 Å². The average Bonchev–Trinajstić information content (AvgIpc) is 2.64. The van der Waals surface area contributed by atoms with Gasteiger partial charge in [-0.05, 0) is 18.2 Å². The molecule has 1 unspecified atom stereocenters. The van der Waals surface area contributed by atoms with Crippen molar-refractivity contribution in [2.75, 3.05) is 18.0 Å². The minimum Gasteiger partial charge on any atom is -0.354 e. The average molecular weight is 276 g/mol. The lowest BCUT2D eigenvalue weighted by Crippen LogP contribution is -2.40. The second-order valence-corrected chi connectivity index (χ2v) is 4.36. The van der Waals surface area contributed by atoms with Crippen molar-refractivity contribution in [1.82, 2.24) is 5.32 Å². The lowest BCUT2D eigenvalue weighted by molar-refractivity contribution is -0.124. The topological polar surface area (TPSA) is 99.2 Å². The Labute approximate surface area is 115 Å². The van der Waals surface area contributed by atoms with Gasteiger partial charge in [-0.2, -0.15) is 5.26 Å². The molecule has 0 spiro atoms. The molecule has 0 saturated heterocycles. The Hall–Kier alpha value is -2.46. The number of anilines is 1. The first kappa shape index (κ1) is 14.0. The Bertz CT molecular complexity index is 597. The molecular weight excluding hydrogens is 263 g/mol. The van der Waals surface area contributed by atoms with Crippen molar-refractivity contribution in [2.24, 2.45) is 5.73 Å². The van der Waals surface area contributed by atoms with Gasteiger partial charge in [-0.25, -0.2) is 4.39 Å². The summed E-state index contributed by atoms with van der Waals surface area (Å²) < 4.78 is 13.2. The van der Waals surface area contributed by atoms with Crippen molar-refractivity contribution in [3.63, 3.8) is 0 Å². The van der Waals surface area contributed by atoms with Crippen LogP contribution in [0.4, 0.5) is 10.1 Å². The van der Waals surface area contributed by atoms with E-state index >= 15 is 0 Å². The molecule has 7 heteroatoms. The van der Waals surface area contributed by atoms with E-state index in [-0.39, 0.29) is 19.5 Å². The van der Waals surface area contributed by atoms with E-state index < -0.39 is 23.7 Å². The Morgan fingerprint density at radius 2 is 2.30 bits per heavy atom. The zero-order valence-electron chi connectivity index (χ0n) is 10.6. The molecule has 20 heavy (non-hydrogen) atoms. The van der Waals surface area contributed by atoms with Crippen LogP contribution < -0.4 is 16.0 Å². The molecule has 1 aliphatic heterocycles. The molecule has 3 N–H and O–H groups in total. The monoisotopic (exact) mass is 276 g/mol. The Morgan fingerprint density at radius 3 is 3.00 bits per heavy atom. The van der Waals surface area contributed by atoms with Gasteiger partial charge in [-0.3, -0.25) is 9.59 Å². The zero-order chi connectivity index (χ0) is 14.7. The van der Waals surface area contributed by atoms with Crippen LogP contribution in [0.5, 0.6) is 0 Å². The zero-order valence-corrected chi connectivity index (χ0v) is 10.6. The van der Waals surface area contributed by atoms with Gasteiger partial charge >= 0.3 is 0 Å². The number of amides is 2. The summed E-state index contributed by atoms with van der Waals surface area (Å²) in [7, 11) is 0. The summed E-state index contributed by atoms with van der Waals surface area (Å²) in [5, 5.41) is 10.9. The van der Waals surface area contributed by atoms with Gasteiger partial charge in [0.1, 0.15) is 18.4 Å². The predicted octanol–water partition coefficient (Wildman–Crippen LogP) is 0.202. The predicted molar refractivity (Wildman–Crippen MR) is 68.9 cm³/mol. The quantitative estimate of drug-likeness (QED) is 0.767. The lowest BCUT2D eigenvalue weighted by atomic mass is 10.1. The van der Waals surface area contributed by atoms with Gasteiger partial charge in [0.05, 0.1) is 12.5 Å². The summed E-state index contributed by atoms with van der Waals surface area (Å²) in [6.45, 7) is 0.0241. The molecule has 104 valence electrons. The molecule has 1 aliphatic rings. The molecule has 0 bridgehead atoms. The first-order chi connectivity index (χ1) is 9.54. The van der Waals surface area contributed by atoms with Crippen LogP contribution in [0.1, 0.15) is 18.0 Å². The van der Waals surface area contributed by atoms with Gasteiger partial charge in [0.2, 0.25) is 11.8 Å². The molecule has 2 rings (SSSR count). The van der Waals surface area contributed by atoms with Crippen LogP contribution in [-0.2, 0) is 9.59 Å². The summed E-state index contributed by atoms with van der Waals surface area (Å²) in [6, 6.07) is 4.79. The number of benzene rings is 1. The summed E-state index contributed by atoms with van der Waals surface area (Å²) in [4.78, 5) is 24.9. The fourth-order valence-electron chi connectivity index (χ4n) is 2.06. The number of carbonyl (C=O) groups is 2. The number of nitrogens with one attached hydrogen (secondary N) is 1. The van der Waals surface area contributed by atoms with Gasteiger partial charge in [-0.15, -0.1) is 0 Å². The molecule has 1 aromatic carbocycles.